The first kappa shape index (κ1) is 18.7. The Morgan fingerprint density at radius 2 is 1.76 bits per heavy atom. The summed E-state index contributed by atoms with van der Waals surface area (Å²) < 4.78 is 1.62. The molecule has 7 heteroatoms. The zero-order chi connectivity index (χ0) is 20.2. The quantitative estimate of drug-likeness (QED) is 0.566. The maximum atomic E-state index is 12.7. The first-order valence-electron chi connectivity index (χ1n) is 9.65. The molecule has 0 aliphatic heterocycles. The number of aromatic nitrogens is 2. The lowest BCUT2D eigenvalue weighted by Crippen LogP contribution is -2.44. The van der Waals surface area contributed by atoms with Crippen molar-refractivity contribution in [2.75, 3.05) is 11.9 Å². The Morgan fingerprint density at radius 1 is 1.03 bits per heavy atom. The molecule has 1 aliphatic carbocycles. The summed E-state index contributed by atoms with van der Waals surface area (Å²) in [5, 5.41) is 7.62. The zero-order valence-corrected chi connectivity index (χ0v) is 16.2. The number of rotatable bonds is 6. The van der Waals surface area contributed by atoms with Gasteiger partial charge in [0.05, 0.1) is 17.9 Å². The molecule has 2 aromatic carbocycles. The van der Waals surface area contributed by atoms with E-state index in [0.29, 0.717) is 11.6 Å². The second-order valence-electron chi connectivity index (χ2n) is 7.20. The minimum absolute atomic E-state index is 0.0502. The van der Waals surface area contributed by atoms with Gasteiger partial charge in [-0.25, -0.2) is 4.68 Å². The highest BCUT2D eigenvalue weighted by Crippen LogP contribution is 2.39. The Kier molecular flexibility index (Phi) is 5.29. The first-order chi connectivity index (χ1) is 14.1. The van der Waals surface area contributed by atoms with Gasteiger partial charge in [-0.2, -0.15) is 5.10 Å². The van der Waals surface area contributed by atoms with Crippen LogP contribution in [0.4, 0.5) is 5.69 Å². The Hall–Kier alpha value is -3.61. The van der Waals surface area contributed by atoms with E-state index in [2.05, 4.69) is 21.3 Å². The summed E-state index contributed by atoms with van der Waals surface area (Å²) >= 11 is 0. The van der Waals surface area contributed by atoms with Crippen LogP contribution in [0.25, 0.3) is 5.69 Å². The number of amides is 2. The molecule has 0 atom stereocenters. The summed E-state index contributed by atoms with van der Waals surface area (Å²) in [7, 11) is 0. The molecular formula is C22H23N5O2. The number of para-hydroxylation sites is 1. The Balaban J connectivity index is 1.39. The van der Waals surface area contributed by atoms with Crippen LogP contribution in [-0.2, 0) is 4.79 Å². The summed E-state index contributed by atoms with van der Waals surface area (Å²) in [6, 6.07) is 19.0. The molecule has 29 heavy (non-hydrogen) atoms. The fraction of sp³-hybridized carbons (Fsp3) is 0.227. The zero-order valence-electron chi connectivity index (χ0n) is 16.2. The van der Waals surface area contributed by atoms with Crippen molar-refractivity contribution in [1.82, 2.24) is 20.6 Å². The maximum absolute atomic E-state index is 12.7. The molecule has 0 spiro atoms. The molecule has 1 heterocycles. The summed E-state index contributed by atoms with van der Waals surface area (Å²) in [6.45, 7) is 2.05. The highest BCUT2D eigenvalue weighted by atomic mass is 16.2. The van der Waals surface area contributed by atoms with Gasteiger partial charge in [0, 0.05) is 11.6 Å². The van der Waals surface area contributed by atoms with Gasteiger partial charge in [0.2, 0.25) is 0 Å². The maximum Gasteiger partial charge on any atom is 0.288 e. The molecule has 7 nitrogen and oxygen atoms in total. The van der Waals surface area contributed by atoms with E-state index in [-0.39, 0.29) is 12.5 Å². The number of hydrazine groups is 1. The van der Waals surface area contributed by atoms with Crippen molar-refractivity contribution in [3.8, 4) is 5.69 Å². The average Bonchev–Trinajstić information content (AvgIpc) is 3.50. The standard InChI is InChI=1S/C22H23N5O2/c1-15-7-11-17(12-8-15)23-14-21(28)24-25-22(29)20-13-19(16-9-10-16)26-27(20)18-5-3-2-4-6-18/h2-8,11-13,16,23H,9-10,14H2,1H3,(H,24,28)(H,25,29). The normalized spacial score (nSPS) is 13.0. The monoisotopic (exact) mass is 389 g/mol. The topological polar surface area (TPSA) is 88.1 Å². The van der Waals surface area contributed by atoms with Crippen LogP contribution in [0.2, 0.25) is 0 Å². The number of hydrogen-bond acceptors (Lipinski definition) is 4. The molecule has 0 radical (unpaired) electrons. The van der Waals surface area contributed by atoms with Crippen LogP contribution in [0.1, 0.15) is 40.5 Å². The fourth-order valence-electron chi connectivity index (χ4n) is 2.99. The number of nitrogens with zero attached hydrogens (tertiary/aromatic N) is 2. The first-order valence-corrected chi connectivity index (χ1v) is 9.65. The largest absolute Gasteiger partial charge is 0.376 e. The van der Waals surface area contributed by atoms with Crippen LogP contribution >= 0.6 is 0 Å². The number of carbonyl (C=O) groups is 2. The van der Waals surface area contributed by atoms with Gasteiger partial charge in [0.15, 0.2) is 0 Å². The number of carbonyl (C=O) groups excluding carboxylic acids is 2. The minimum Gasteiger partial charge on any atom is -0.376 e. The van der Waals surface area contributed by atoms with E-state index < -0.39 is 5.91 Å². The lowest BCUT2D eigenvalue weighted by atomic mass is 10.2. The molecule has 1 fully saturated rings. The molecule has 0 unspecified atom stereocenters. The summed E-state index contributed by atoms with van der Waals surface area (Å²) in [5.41, 5.74) is 9.03. The molecule has 4 rings (SSSR count). The summed E-state index contributed by atoms with van der Waals surface area (Å²) in [4.78, 5) is 24.8. The Labute approximate surface area is 169 Å². The third-order valence-corrected chi connectivity index (χ3v) is 4.78. The molecule has 1 aliphatic rings. The van der Waals surface area contributed by atoms with Gasteiger partial charge in [0.25, 0.3) is 11.8 Å². The van der Waals surface area contributed by atoms with Crippen LogP contribution < -0.4 is 16.2 Å². The van der Waals surface area contributed by atoms with Gasteiger partial charge >= 0.3 is 0 Å². The number of hydrogen-bond donors (Lipinski definition) is 3. The van der Waals surface area contributed by atoms with Gasteiger partial charge in [0.1, 0.15) is 5.69 Å². The van der Waals surface area contributed by atoms with Crippen LogP contribution in [0.3, 0.4) is 0 Å². The van der Waals surface area contributed by atoms with Crippen LogP contribution in [0.5, 0.6) is 0 Å². The fourth-order valence-corrected chi connectivity index (χ4v) is 2.99. The van der Waals surface area contributed by atoms with Crippen molar-refractivity contribution in [1.29, 1.82) is 0 Å². The molecule has 1 aromatic heterocycles. The summed E-state index contributed by atoms with van der Waals surface area (Å²) in [6.07, 6.45) is 2.18. The number of nitrogens with one attached hydrogen (secondary N) is 3. The van der Waals surface area contributed by atoms with Gasteiger partial charge < -0.3 is 5.32 Å². The van der Waals surface area contributed by atoms with Crippen molar-refractivity contribution >= 4 is 17.5 Å². The predicted octanol–water partition coefficient (Wildman–Crippen LogP) is 2.93. The minimum atomic E-state index is -0.406. The molecule has 3 N–H and O–H groups in total. The van der Waals surface area contributed by atoms with Crippen molar-refractivity contribution in [2.24, 2.45) is 0 Å². The van der Waals surface area contributed by atoms with Crippen LogP contribution in [-0.4, -0.2) is 28.1 Å². The number of aryl methyl sites for hydroxylation is 1. The lowest BCUT2D eigenvalue weighted by molar-refractivity contribution is -0.120. The Bertz CT molecular complexity index is 1010. The highest BCUT2D eigenvalue weighted by Gasteiger charge is 2.29. The van der Waals surface area contributed by atoms with Gasteiger partial charge in [-0.1, -0.05) is 35.9 Å². The van der Waals surface area contributed by atoms with Crippen molar-refractivity contribution in [3.05, 3.63) is 77.6 Å². The van der Waals surface area contributed by atoms with E-state index in [9.17, 15) is 9.59 Å². The molecule has 148 valence electrons. The predicted molar refractivity (Wildman–Crippen MR) is 111 cm³/mol. The third kappa shape index (κ3) is 4.63. The smallest absolute Gasteiger partial charge is 0.288 e. The second kappa shape index (κ2) is 8.18. The number of anilines is 1. The third-order valence-electron chi connectivity index (χ3n) is 4.78. The second-order valence-corrected chi connectivity index (χ2v) is 7.20. The average molecular weight is 389 g/mol. The molecule has 1 saturated carbocycles. The highest BCUT2D eigenvalue weighted by molar-refractivity contribution is 5.95. The van der Waals surface area contributed by atoms with Gasteiger partial charge in [-0.05, 0) is 50.1 Å². The molecule has 0 bridgehead atoms. The number of benzene rings is 2. The molecular weight excluding hydrogens is 366 g/mol. The van der Waals surface area contributed by atoms with Crippen molar-refractivity contribution in [2.45, 2.75) is 25.7 Å². The van der Waals surface area contributed by atoms with Crippen LogP contribution in [0, 0.1) is 6.92 Å². The van der Waals surface area contributed by atoms with Crippen molar-refractivity contribution < 1.29 is 9.59 Å². The van der Waals surface area contributed by atoms with E-state index in [1.807, 2.05) is 61.5 Å². The van der Waals surface area contributed by atoms with Crippen molar-refractivity contribution in [3.63, 3.8) is 0 Å². The SMILES string of the molecule is Cc1ccc(NCC(=O)NNC(=O)c2cc(C3CC3)nn2-c2ccccc2)cc1. The lowest BCUT2D eigenvalue weighted by Gasteiger charge is -2.10. The van der Waals surface area contributed by atoms with E-state index >= 15 is 0 Å². The Morgan fingerprint density at radius 3 is 2.45 bits per heavy atom. The molecule has 0 saturated heterocycles. The van der Waals surface area contributed by atoms with Crippen LogP contribution in [0.15, 0.2) is 60.7 Å². The van der Waals surface area contributed by atoms with Gasteiger partial charge in [-0.3, -0.25) is 20.4 Å². The van der Waals surface area contributed by atoms with E-state index in [4.69, 9.17) is 0 Å². The van der Waals surface area contributed by atoms with E-state index in [1.54, 1.807) is 10.7 Å². The molecule has 3 aromatic rings. The molecule has 2 amide bonds. The summed E-state index contributed by atoms with van der Waals surface area (Å²) in [5.74, 6) is -0.330. The van der Waals surface area contributed by atoms with E-state index in [0.717, 1.165) is 35.5 Å². The van der Waals surface area contributed by atoms with E-state index in [1.165, 1.54) is 0 Å². The van der Waals surface area contributed by atoms with Gasteiger partial charge in [-0.15, -0.1) is 0 Å².